The second-order valence-corrected chi connectivity index (χ2v) is 7.12. The summed E-state index contributed by atoms with van der Waals surface area (Å²) >= 11 is 0. The highest BCUT2D eigenvalue weighted by molar-refractivity contribution is 5.76. The van der Waals surface area contributed by atoms with Crippen molar-refractivity contribution < 1.29 is 4.74 Å². The van der Waals surface area contributed by atoms with Crippen LogP contribution in [0.15, 0.2) is 78.9 Å². The van der Waals surface area contributed by atoms with Crippen molar-refractivity contribution in [3.05, 3.63) is 95.8 Å². The molecular weight excluding hydrogens is 344 g/mol. The van der Waals surface area contributed by atoms with Gasteiger partial charge in [0.2, 0.25) is 0 Å². The van der Waals surface area contributed by atoms with Crippen LogP contribution in [0.2, 0.25) is 0 Å². The first-order valence-electron chi connectivity index (χ1n) is 10.0. The number of hydrogen-bond acceptors (Lipinski definition) is 2. The van der Waals surface area contributed by atoms with E-state index >= 15 is 0 Å². The first-order chi connectivity index (χ1) is 13.8. The molecule has 0 radical (unpaired) electrons. The van der Waals surface area contributed by atoms with Crippen LogP contribution in [0.1, 0.15) is 36.7 Å². The Bertz CT molecular complexity index is 1020. The molecule has 0 bridgehead atoms. The minimum Gasteiger partial charge on any atom is -0.489 e. The van der Waals surface area contributed by atoms with Crippen LogP contribution < -0.4 is 4.74 Å². The first kappa shape index (κ1) is 18.3. The molecule has 0 aliphatic carbocycles. The topological polar surface area (TPSA) is 27.1 Å². The van der Waals surface area contributed by atoms with Crippen LogP contribution >= 0.6 is 0 Å². The highest BCUT2D eigenvalue weighted by Crippen LogP contribution is 2.21. The Kier molecular flexibility index (Phi) is 5.72. The number of unbranched alkanes of at least 4 members (excludes halogenated alkanes) is 1. The molecule has 3 heteroatoms. The maximum atomic E-state index is 5.91. The van der Waals surface area contributed by atoms with Crippen molar-refractivity contribution in [2.45, 2.75) is 39.3 Å². The highest BCUT2D eigenvalue weighted by atomic mass is 16.5. The lowest BCUT2D eigenvalue weighted by atomic mass is 10.2. The number of para-hydroxylation sites is 2. The number of aryl methyl sites for hydroxylation is 1. The van der Waals surface area contributed by atoms with Crippen LogP contribution in [0.25, 0.3) is 11.0 Å². The van der Waals surface area contributed by atoms with Gasteiger partial charge in [-0.05, 0) is 41.8 Å². The molecule has 28 heavy (non-hydrogen) atoms. The van der Waals surface area contributed by atoms with E-state index in [2.05, 4.69) is 72.2 Å². The van der Waals surface area contributed by atoms with Crippen LogP contribution in [0.4, 0.5) is 0 Å². The van der Waals surface area contributed by atoms with Gasteiger partial charge in [0.05, 0.1) is 11.0 Å². The lowest BCUT2D eigenvalue weighted by Gasteiger charge is -2.11. The fourth-order valence-corrected chi connectivity index (χ4v) is 3.44. The van der Waals surface area contributed by atoms with E-state index in [1.165, 1.54) is 28.9 Å². The molecule has 142 valence electrons. The van der Waals surface area contributed by atoms with Gasteiger partial charge in [0.1, 0.15) is 18.2 Å². The minimum atomic E-state index is 0.591. The van der Waals surface area contributed by atoms with Gasteiger partial charge in [0.15, 0.2) is 0 Å². The predicted octanol–water partition coefficient (Wildman–Crippen LogP) is 6.01. The average Bonchev–Trinajstić information content (AvgIpc) is 3.10. The van der Waals surface area contributed by atoms with Crippen molar-refractivity contribution in [2.24, 2.45) is 0 Å². The van der Waals surface area contributed by atoms with Gasteiger partial charge in [-0.25, -0.2) is 4.98 Å². The Labute approximate surface area is 166 Å². The fraction of sp³-hybridized carbons (Fsp3) is 0.240. The monoisotopic (exact) mass is 370 g/mol. The van der Waals surface area contributed by atoms with E-state index in [4.69, 9.17) is 9.72 Å². The number of fused-ring (bicyclic) bond motifs is 1. The zero-order valence-corrected chi connectivity index (χ0v) is 16.3. The maximum Gasteiger partial charge on any atom is 0.119 e. The van der Waals surface area contributed by atoms with Crippen molar-refractivity contribution in [3.63, 3.8) is 0 Å². The van der Waals surface area contributed by atoms with Crippen molar-refractivity contribution in [2.75, 3.05) is 0 Å². The zero-order chi connectivity index (χ0) is 19.2. The molecule has 4 rings (SSSR count). The summed E-state index contributed by atoms with van der Waals surface area (Å²) < 4.78 is 8.26. The normalized spacial score (nSPS) is 11.0. The van der Waals surface area contributed by atoms with E-state index < -0.39 is 0 Å². The van der Waals surface area contributed by atoms with Crippen molar-refractivity contribution in [3.8, 4) is 5.75 Å². The van der Waals surface area contributed by atoms with Crippen LogP contribution in [-0.2, 0) is 19.6 Å². The Hall–Kier alpha value is -3.07. The third kappa shape index (κ3) is 4.25. The fourth-order valence-electron chi connectivity index (χ4n) is 3.44. The molecule has 0 amide bonds. The maximum absolute atomic E-state index is 5.91. The number of benzene rings is 3. The number of imidazole rings is 1. The number of aromatic nitrogens is 2. The molecule has 0 spiro atoms. The van der Waals surface area contributed by atoms with Gasteiger partial charge < -0.3 is 9.30 Å². The molecule has 4 aromatic rings. The molecule has 0 aliphatic heterocycles. The van der Waals surface area contributed by atoms with Crippen molar-refractivity contribution >= 4 is 11.0 Å². The molecular formula is C25H26N2O. The average molecular weight is 370 g/mol. The van der Waals surface area contributed by atoms with Gasteiger partial charge in [-0.1, -0.05) is 67.9 Å². The number of hydrogen-bond donors (Lipinski definition) is 0. The largest absolute Gasteiger partial charge is 0.489 e. The van der Waals surface area contributed by atoms with Crippen LogP contribution in [-0.4, -0.2) is 9.55 Å². The molecule has 0 fully saturated rings. The van der Waals surface area contributed by atoms with E-state index in [-0.39, 0.29) is 0 Å². The van der Waals surface area contributed by atoms with Gasteiger partial charge in [0, 0.05) is 13.0 Å². The molecule has 0 atom stereocenters. The summed E-state index contributed by atoms with van der Waals surface area (Å²) in [5, 5.41) is 0. The zero-order valence-electron chi connectivity index (χ0n) is 16.3. The Morgan fingerprint density at radius 2 is 1.57 bits per heavy atom. The van der Waals surface area contributed by atoms with Gasteiger partial charge in [-0.2, -0.15) is 0 Å². The summed E-state index contributed by atoms with van der Waals surface area (Å²) in [6.07, 6.45) is 3.36. The molecule has 3 aromatic carbocycles. The van der Waals surface area contributed by atoms with Gasteiger partial charge in [-0.15, -0.1) is 0 Å². The summed E-state index contributed by atoms with van der Waals surface area (Å²) in [4.78, 5) is 4.87. The molecule has 0 saturated carbocycles. The van der Waals surface area contributed by atoms with E-state index in [0.717, 1.165) is 30.7 Å². The number of rotatable bonds is 8. The highest BCUT2D eigenvalue weighted by Gasteiger charge is 2.10. The standard InChI is InChI=1S/C25H26N2O/c1-2-3-13-25-26-23-11-7-8-12-24(23)27(25)18-20-14-16-22(17-15-20)28-19-21-9-5-4-6-10-21/h4-12,14-17H,2-3,13,18-19H2,1H3. The molecule has 1 heterocycles. The molecule has 0 unspecified atom stereocenters. The van der Waals surface area contributed by atoms with Crippen molar-refractivity contribution in [1.29, 1.82) is 0 Å². The van der Waals surface area contributed by atoms with Gasteiger partial charge in [-0.3, -0.25) is 0 Å². The number of ether oxygens (including phenoxy) is 1. The van der Waals surface area contributed by atoms with Gasteiger partial charge >= 0.3 is 0 Å². The van der Waals surface area contributed by atoms with E-state index in [0.29, 0.717) is 6.61 Å². The molecule has 0 aliphatic rings. The van der Waals surface area contributed by atoms with E-state index in [1.807, 2.05) is 18.2 Å². The third-order valence-corrected chi connectivity index (χ3v) is 5.00. The summed E-state index contributed by atoms with van der Waals surface area (Å²) in [6, 6.07) is 27.1. The Morgan fingerprint density at radius 1 is 0.821 bits per heavy atom. The Balaban J connectivity index is 1.49. The summed E-state index contributed by atoms with van der Waals surface area (Å²) in [7, 11) is 0. The molecule has 3 nitrogen and oxygen atoms in total. The summed E-state index contributed by atoms with van der Waals surface area (Å²) in [5.74, 6) is 2.07. The second-order valence-electron chi connectivity index (χ2n) is 7.12. The van der Waals surface area contributed by atoms with Crippen LogP contribution in [0.3, 0.4) is 0 Å². The molecule has 0 N–H and O–H groups in total. The lowest BCUT2D eigenvalue weighted by molar-refractivity contribution is 0.306. The predicted molar refractivity (Wildman–Crippen MR) is 115 cm³/mol. The number of nitrogens with zero attached hydrogens (tertiary/aromatic N) is 2. The Morgan fingerprint density at radius 3 is 2.36 bits per heavy atom. The quantitative estimate of drug-likeness (QED) is 0.380. The smallest absolute Gasteiger partial charge is 0.119 e. The SMILES string of the molecule is CCCCc1nc2ccccc2n1Cc1ccc(OCc2ccccc2)cc1. The summed E-state index contributed by atoms with van der Waals surface area (Å²) in [5.41, 5.74) is 4.72. The van der Waals surface area contributed by atoms with Crippen LogP contribution in [0.5, 0.6) is 5.75 Å². The first-order valence-corrected chi connectivity index (χ1v) is 10.0. The second kappa shape index (κ2) is 8.75. The molecule has 0 saturated heterocycles. The van der Waals surface area contributed by atoms with E-state index in [9.17, 15) is 0 Å². The van der Waals surface area contributed by atoms with Crippen LogP contribution in [0, 0.1) is 0 Å². The summed E-state index contributed by atoms with van der Waals surface area (Å²) in [6.45, 7) is 3.65. The van der Waals surface area contributed by atoms with E-state index in [1.54, 1.807) is 0 Å². The van der Waals surface area contributed by atoms with Crippen molar-refractivity contribution in [1.82, 2.24) is 9.55 Å². The van der Waals surface area contributed by atoms with Gasteiger partial charge in [0.25, 0.3) is 0 Å². The third-order valence-electron chi connectivity index (χ3n) is 5.00. The molecule has 1 aromatic heterocycles. The minimum absolute atomic E-state index is 0.591. The lowest BCUT2D eigenvalue weighted by Crippen LogP contribution is -2.05.